The number of hydrogen-bond acceptors (Lipinski definition) is 5. The minimum absolute atomic E-state index is 0.0757. The van der Waals surface area contributed by atoms with Gasteiger partial charge < -0.3 is 15.1 Å². The third-order valence-corrected chi connectivity index (χ3v) is 6.82. The lowest BCUT2D eigenvalue weighted by atomic mass is 9.86. The summed E-state index contributed by atoms with van der Waals surface area (Å²) in [7, 11) is -3.66. The first-order chi connectivity index (χ1) is 14.4. The van der Waals surface area contributed by atoms with Gasteiger partial charge in [0, 0.05) is 12.1 Å². The quantitative estimate of drug-likeness (QED) is 0.528. The second kappa shape index (κ2) is 10.7. The summed E-state index contributed by atoms with van der Waals surface area (Å²) in [6.07, 6.45) is 9.09. The molecule has 0 saturated heterocycles. The van der Waals surface area contributed by atoms with E-state index in [1.807, 2.05) is 0 Å². The highest BCUT2D eigenvalue weighted by molar-refractivity contribution is 7.89. The van der Waals surface area contributed by atoms with Crippen molar-refractivity contribution in [3.63, 3.8) is 0 Å². The Labute approximate surface area is 182 Å². The molecule has 3 rings (SSSR count). The van der Waals surface area contributed by atoms with Gasteiger partial charge in [-0.1, -0.05) is 32.1 Å². The van der Waals surface area contributed by atoms with Crippen molar-refractivity contribution in [3.05, 3.63) is 48.4 Å². The van der Waals surface area contributed by atoms with Crippen molar-refractivity contribution in [1.29, 1.82) is 0 Å². The number of furan rings is 1. The molecule has 162 valence electrons. The van der Waals surface area contributed by atoms with E-state index in [1.54, 1.807) is 24.3 Å². The van der Waals surface area contributed by atoms with Crippen LogP contribution in [-0.4, -0.2) is 19.4 Å². The maximum absolute atomic E-state index is 12.4. The van der Waals surface area contributed by atoms with Gasteiger partial charge in [-0.15, -0.1) is 0 Å². The third-order valence-electron chi connectivity index (χ3n) is 5.20. The van der Waals surface area contributed by atoms with Gasteiger partial charge >= 0.3 is 0 Å². The standard InChI is InChI=1S/C21H27N3O4S2/c25-20(13-8-16-5-2-1-3-6-16)24-21(29)23-17-9-11-19(12-10-17)30(26,27)22-15-18-7-4-14-28-18/h4,7,9-12,14,16,22H,1-3,5-6,8,13,15H2,(H2,23,24,25,29). The first-order valence-corrected chi connectivity index (χ1v) is 12.0. The number of nitrogens with one attached hydrogen (secondary N) is 3. The number of anilines is 1. The molecule has 0 bridgehead atoms. The molecule has 1 amide bonds. The molecular formula is C21H27N3O4S2. The highest BCUT2D eigenvalue weighted by Crippen LogP contribution is 2.27. The van der Waals surface area contributed by atoms with Crippen LogP contribution in [0.3, 0.4) is 0 Å². The summed E-state index contributed by atoms with van der Waals surface area (Å²) in [6.45, 7) is 0.0757. The van der Waals surface area contributed by atoms with Crippen LogP contribution in [0.1, 0.15) is 50.7 Å². The molecule has 1 aliphatic carbocycles. The van der Waals surface area contributed by atoms with Gasteiger partial charge in [-0.3, -0.25) is 4.79 Å². The van der Waals surface area contributed by atoms with Gasteiger partial charge in [-0.05, 0) is 61.0 Å². The Kier molecular flexibility index (Phi) is 8.01. The van der Waals surface area contributed by atoms with Gasteiger partial charge in [0.1, 0.15) is 5.76 Å². The maximum atomic E-state index is 12.4. The van der Waals surface area contributed by atoms with Crippen LogP contribution in [0.4, 0.5) is 5.69 Å². The Bertz CT molecular complexity index is 935. The zero-order chi connectivity index (χ0) is 21.4. The van der Waals surface area contributed by atoms with Crippen molar-refractivity contribution >= 4 is 38.9 Å². The van der Waals surface area contributed by atoms with E-state index in [-0.39, 0.29) is 22.5 Å². The number of benzene rings is 1. The molecule has 9 heteroatoms. The van der Waals surface area contributed by atoms with Gasteiger partial charge in [0.25, 0.3) is 0 Å². The minimum Gasteiger partial charge on any atom is -0.468 e. The van der Waals surface area contributed by atoms with E-state index in [4.69, 9.17) is 16.6 Å². The maximum Gasteiger partial charge on any atom is 0.240 e. The average molecular weight is 450 g/mol. The Morgan fingerprint density at radius 2 is 1.83 bits per heavy atom. The first-order valence-electron chi connectivity index (χ1n) is 10.2. The molecule has 2 aromatic rings. The molecule has 0 atom stereocenters. The number of carbonyl (C=O) groups is 1. The van der Waals surface area contributed by atoms with Crippen LogP contribution >= 0.6 is 12.2 Å². The van der Waals surface area contributed by atoms with Crippen LogP contribution < -0.4 is 15.4 Å². The second-order valence-corrected chi connectivity index (χ2v) is 9.65. The summed E-state index contributed by atoms with van der Waals surface area (Å²) in [5.74, 6) is 1.07. The zero-order valence-corrected chi connectivity index (χ0v) is 18.4. The molecule has 0 aliphatic heterocycles. The fourth-order valence-corrected chi connectivity index (χ4v) is 4.77. The molecule has 0 radical (unpaired) electrons. The van der Waals surface area contributed by atoms with Crippen LogP contribution in [-0.2, 0) is 21.4 Å². The van der Waals surface area contributed by atoms with Gasteiger partial charge in [-0.2, -0.15) is 0 Å². The highest BCUT2D eigenvalue weighted by atomic mass is 32.2. The molecule has 3 N–H and O–H groups in total. The largest absolute Gasteiger partial charge is 0.468 e. The van der Waals surface area contributed by atoms with Crippen LogP contribution in [0, 0.1) is 5.92 Å². The molecule has 30 heavy (non-hydrogen) atoms. The predicted octanol–water partition coefficient (Wildman–Crippen LogP) is 3.93. The SMILES string of the molecule is O=C(CCC1CCCCC1)NC(=S)Nc1ccc(S(=O)(=O)NCc2ccco2)cc1. The second-order valence-electron chi connectivity index (χ2n) is 7.47. The fourth-order valence-electron chi connectivity index (χ4n) is 3.54. The normalized spacial score (nSPS) is 14.9. The Hall–Kier alpha value is -2.23. The van der Waals surface area contributed by atoms with E-state index in [0.717, 1.165) is 6.42 Å². The highest BCUT2D eigenvalue weighted by Gasteiger charge is 2.16. The van der Waals surface area contributed by atoms with Crippen molar-refractivity contribution in [1.82, 2.24) is 10.0 Å². The van der Waals surface area contributed by atoms with Crippen LogP contribution in [0.5, 0.6) is 0 Å². The van der Waals surface area contributed by atoms with Gasteiger partial charge in [0.2, 0.25) is 15.9 Å². The summed E-state index contributed by atoms with van der Waals surface area (Å²) < 4.78 is 32.3. The van der Waals surface area contributed by atoms with E-state index in [9.17, 15) is 13.2 Å². The predicted molar refractivity (Wildman–Crippen MR) is 119 cm³/mol. The van der Waals surface area contributed by atoms with E-state index in [0.29, 0.717) is 23.8 Å². The van der Waals surface area contributed by atoms with Crippen LogP contribution in [0.25, 0.3) is 0 Å². The molecule has 1 saturated carbocycles. The monoisotopic (exact) mass is 449 g/mol. The number of sulfonamides is 1. The number of hydrogen-bond donors (Lipinski definition) is 3. The molecule has 0 spiro atoms. The Balaban J connectivity index is 1.44. The van der Waals surface area contributed by atoms with Crippen molar-refractivity contribution in [2.24, 2.45) is 5.92 Å². The van der Waals surface area contributed by atoms with Crippen LogP contribution in [0.2, 0.25) is 0 Å². The summed E-state index contributed by atoms with van der Waals surface area (Å²) in [4.78, 5) is 12.2. The molecule has 1 fully saturated rings. The van der Waals surface area contributed by atoms with Gasteiger partial charge in [0.05, 0.1) is 17.7 Å². The van der Waals surface area contributed by atoms with E-state index in [2.05, 4.69) is 15.4 Å². The number of thiocarbonyl (C=S) groups is 1. The molecule has 1 aromatic carbocycles. The van der Waals surface area contributed by atoms with Gasteiger partial charge in [-0.25, -0.2) is 13.1 Å². The summed E-state index contributed by atoms with van der Waals surface area (Å²) >= 11 is 5.19. The molecule has 1 heterocycles. The van der Waals surface area contributed by atoms with Crippen molar-refractivity contribution in [2.45, 2.75) is 56.4 Å². The van der Waals surface area contributed by atoms with E-state index < -0.39 is 10.0 Å². The van der Waals surface area contributed by atoms with Crippen LogP contribution in [0.15, 0.2) is 52.0 Å². The van der Waals surface area contributed by atoms with E-state index in [1.165, 1.54) is 50.5 Å². The lowest BCUT2D eigenvalue weighted by Crippen LogP contribution is -2.34. The lowest BCUT2D eigenvalue weighted by Gasteiger charge is -2.21. The van der Waals surface area contributed by atoms with Crippen molar-refractivity contribution in [3.8, 4) is 0 Å². The van der Waals surface area contributed by atoms with E-state index >= 15 is 0 Å². The van der Waals surface area contributed by atoms with Crippen molar-refractivity contribution < 1.29 is 17.6 Å². The van der Waals surface area contributed by atoms with Crippen molar-refractivity contribution in [2.75, 3.05) is 5.32 Å². The number of carbonyl (C=O) groups excluding carboxylic acids is 1. The molecule has 0 unspecified atom stereocenters. The lowest BCUT2D eigenvalue weighted by molar-refractivity contribution is -0.120. The average Bonchev–Trinajstić information content (AvgIpc) is 3.26. The molecular weight excluding hydrogens is 422 g/mol. The third kappa shape index (κ3) is 6.93. The Morgan fingerprint density at radius 1 is 1.10 bits per heavy atom. The minimum atomic E-state index is -3.66. The summed E-state index contributed by atoms with van der Waals surface area (Å²) in [5, 5.41) is 5.81. The zero-order valence-electron chi connectivity index (χ0n) is 16.7. The molecule has 1 aromatic heterocycles. The van der Waals surface area contributed by atoms with Gasteiger partial charge in [0.15, 0.2) is 5.11 Å². The fraction of sp³-hybridized carbons (Fsp3) is 0.429. The number of amides is 1. The summed E-state index contributed by atoms with van der Waals surface area (Å²) in [5.41, 5.74) is 0.595. The number of rotatable bonds is 8. The molecule has 7 nitrogen and oxygen atoms in total. The smallest absolute Gasteiger partial charge is 0.240 e. The molecule has 1 aliphatic rings. The topological polar surface area (TPSA) is 100 Å². The summed E-state index contributed by atoms with van der Waals surface area (Å²) in [6, 6.07) is 9.53. The first kappa shape index (κ1) is 22.5. The Morgan fingerprint density at radius 3 is 2.50 bits per heavy atom.